The number of nitrogens with one attached hydrogen (secondary N) is 1. The molecule has 1 atom stereocenters. The van der Waals surface area contributed by atoms with Gasteiger partial charge in [-0.15, -0.1) is 0 Å². The Balaban J connectivity index is 2.06. The van der Waals surface area contributed by atoms with Crippen molar-refractivity contribution in [3.05, 3.63) is 35.9 Å². The highest BCUT2D eigenvalue weighted by atomic mass is 16.5. The zero-order chi connectivity index (χ0) is 13.0. The van der Waals surface area contributed by atoms with Crippen molar-refractivity contribution in [2.45, 2.75) is 25.3 Å². The van der Waals surface area contributed by atoms with E-state index in [1.165, 1.54) is 0 Å². The lowest BCUT2D eigenvalue weighted by molar-refractivity contribution is 0.0934. The number of hydrogen-bond acceptors (Lipinski definition) is 3. The number of benzene rings is 1. The third-order valence-electron chi connectivity index (χ3n) is 3.10. The molecule has 0 heterocycles. The molecular weight excluding hydrogens is 228 g/mol. The predicted octanol–water partition coefficient (Wildman–Crippen LogP) is 2.12. The minimum absolute atomic E-state index is 0.0754. The SMILES string of the molecule is COc1cc(C(=O)NC2CC=CCC2)ccc1N. The normalized spacial score (nSPS) is 18.4. The molecule has 0 saturated heterocycles. The second kappa shape index (κ2) is 5.58. The lowest BCUT2D eigenvalue weighted by Crippen LogP contribution is -2.35. The summed E-state index contributed by atoms with van der Waals surface area (Å²) in [6.45, 7) is 0. The number of rotatable bonds is 3. The van der Waals surface area contributed by atoms with Gasteiger partial charge in [0.25, 0.3) is 5.91 Å². The van der Waals surface area contributed by atoms with Gasteiger partial charge in [0.2, 0.25) is 0 Å². The first-order valence-corrected chi connectivity index (χ1v) is 6.10. The summed E-state index contributed by atoms with van der Waals surface area (Å²) >= 11 is 0. The van der Waals surface area contributed by atoms with Crippen molar-refractivity contribution < 1.29 is 9.53 Å². The molecule has 0 spiro atoms. The van der Waals surface area contributed by atoms with Crippen LogP contribution >= 0.6 is 0 Å². The molecule has 0 aliphatic heterocycles. The molecule has 1 aliphatic carbocycles. The molecule has 2 rings (SSSR count). The van der Waals surface area contributed by atoms with Gasteiger partial charge in [0, 0.05) is 11.6 Å². The van der Waals surface area contributed by atoms with Crippen LogP contribution in [0, 0.1) is 0 Å². The van der Waals surface area contributed by atoms with Crippen molar-refractivity contribution in [3.8, 4) is 5.75 Å². The van der Waals surface area contributed by atoms with Gasteiger partial charge in [-0.25, -0.2) is 0 Å². The summed E-state index contributed by atoms with van der Waals surface area (Å²) in [5.74, 6) is 0.458. The molecule has 4 nitrogen and oxygen atoms in total. The van der Waals surface area contributed by atoms with E-state index >= 15 is 0 Å². The van der Waals surface area contributed by atoms with Gasteiger partial charge in [0.1, 0.15) is 5.75 Å². The summed E-state index contributed by atoms with van der Waals surface area (Å²) in [6, 6.07) is 5.30. The highest BCUT2D eigenvalue weighted by Crippen LogP contribution is 2.22. The number of nitrogen functional groups attached to an aromatic ring is 1. The summed E-state index contributed by atoms with van der Waals surface area (Å²) in [5.41, 5.74) is 6.83. The molecular formula is C14H18N2O2. The maximum Gasteiger partial charge on any atom is 0.251 e. The van der Waals surface area contributed by atoms with Crippen LogP contribution in [0.4, 0.5) is 5.69 Å². The Bertz CT molecular complexity index is 469. The molecule has 1 amide bonds. The number of anilines is 1. The van der Waals surface area contributed by atoms with E-state index in [9.17, 15) is 4.79 Å². The number of amides is 1. The second-order valence-electron chi connectivity index (χ2n) is 4.41. The molecule has 1 aromatic carbocycles. The highest BCUT2D eigenvalue weighted by Gasteiger charge is 2.15. The zero-order valence-electron chi connectivity index (χ0n) is 10.5. The quantitative estimate of drug-likeness (QED) is 0.634. The van der Waals surface area contributed by atoms with Crippen molar-refractivity contribution in [1.82, 2.24) is 5.32 Å². The van der Waals surface area contributed by atoms with E-state index in [1.807, 2.05) is 0 Å². The minimum Gasteiger partial charge on any atom is -0.495 e. The average Bonchev–Trinajstić information content (AvgIpc) is 2.40. The Kier molecular flexibility index (Phi) is 3.87. The maximum atomic E-state index is 12.1. The number of ether oxygens (including phenoxy) is 1. The molecule has 3 N–H and O–H groups in total. The van der Waals surface area contributed by atoms with Gasteiger partial charge in [0.15, 0.2) is 0 Å². The number of hydrogen-bond donors (Lipinski definition) is 2. The Morgan fingerprint density at radius 2 is 2.28 bits per heavy atom. The predicted molar refractivity (Wildman–Crippen MR) is 71.7 cm³/mol. The van der Waals surface area contributed by atoms with Crippen molar-refractivity contribution in [1.29, 1.82) is 0 Å². The van der Waals surface area contributed by atoms with Crippen molar-refractivity contribution in [2.75, 3.05) is 12.8 Å². The van der Waals surface area contributed by atoms with Gasteiger partial charge < -0.3 is 15.8 Å². The van der Waals surface area contributed by atoms with E-state index in [2.05, 4.69) is 17.5 Å². The summed E-state index contributed by atoms with van der Waals surface area (Å²) in [5, 5.41) is 3.02. The first kappa shape index (κ1) is 12.5. The standard InChI is InChI=1S/C14H18N2O2/c1-18-13-9-10(7-8-12(13)15)14(17)16-11-5-3-2-4-6-11/h2-3,7-9,11H,4-6,15H2,1H3,(H,16,17). The Labute approximate surface area is 107 Å². The summed E-state index contributed by atoms with van der Waals surface area (Å²) < 4.78 is 5.11. The zero-order valence-corrected chi connectivity index (χ0v) is 10.5. The fraction of sp³-hybridized carbons (Fsp3) is 0.357. The van der Waals surface area contributed by atoms with Crippen LogP contribution in [0.5, 0.6) is 5.75 Å². The highest BCUT2D eigenvalue weighted by molar-refractivity contribution is 5.95. The van der Waals surface area contributed by atoms with E-state index in [0.29, 0.717) is 17.0 Å². The topological polar surface area (TPSA) is 64.3 Å². The summed E-state index contributed by atoms with van der Waals surface area (Å²) in [6.07, 6.45) is 7.18. The molecule has 0 saturated carbocycles. The smallest absolute Gasteiger partial charge is 0.251 e. The lowest BCUT2D eigenvalue weighted by Gasteiger charge is -2.19. The molecule has 4 heteroatoms. The number of carbonyl (C=O) groups is 1. The summed E-state index contributed by atoms with van der Waals surface area (Å²) in [4.78, 5) is 12.1. The first-order chi connectivity index (χ1) is 8.70. The van der Waals surface area contributed by atoms with Crippen LogP contribution in [0.15, 0.2) is 30.4 Å². The van der Waals surface area contributed by atoms with Crippen LogP contribution in [-0.2, 0) is 0 Å². The van der Waals surface area contributed by atoms with Crippen LogP contribution in [-0.4, -0.2) is 19.1 Å². The third-order valence-corrected chi connectivity index (χ3v) is 3.10. The van der Waals surface area contributed by atoms with E-state index in [-0.39, 0.29) is 11.9 Å². The summed E-state index contributed by atoms with van der Waals surface area (Å²) in [7, 11) is 1.54. The minimum atomic E-state index is -0.0754. The van der Waals surface area contributed by atoms with Gasteiger partial charge in [-0.2, -0.15) is 0 Å². The molecule has 1 unspecified atom stereocenters. The number of carbonyl (C=O) groups excluding carboxylic acids is 1. The van der Waals surface area contributed by atoms with Crippen molar-refractivity contribution in [3.63, 3.8) is 0 Å². The molecule has 96 valence electrons. The Morgan fingerprint density at radius 1 is 1.44 bits per heavy atom. The molecule has 18 heavy (non-hydrogen) atoms. The molecule has 1 aliphatic rings. The fourth-order valence-corrected chi connectivity index (χ4v) is 2.05. The fourth-order valence-electron chi connectivity index (χ4n) is 2.05. The third kappa shape index (κ3) is 2.83. The van der Waals surface area contributed by atoms with E-state index in [0.717, 1.165) is 19.3 Å². The molecule has 0 fully saturated rings. The van der Waals surface area contributed by atoms with Crippen LogP contribution in [0.25, 0.3) is 0 Å². The average molecular weight is 246 g/mol. The van der Waals surface area contributed by atoms with Crippen LogP contribution in [0.1, 0.15) is 29.6 Å². The van der Waals surface area contributed by atoms with Gasteiger partial charge >= 0.3 is 0 Å². The van der Waals surface area contributed by atoms with Crippen LogP contribution in [0.2, 0.25) is 0 Å². The van der Waals surface area contributed by atoms with Crippen molar-refractivity contribution in [2.24, 2.45) is 0 Å². The lowest BCUT2D eigenvalue weighted by atomic mass is 10.0. The monoisotopic (exact) mass is 246 g/mol. The van der Waals surface area contributed by atoms with Gasteiger partial charge in [-0.05, 0) is 37.5 Å². The van der Waals surface area contributed by atoms with E-state index in [1.54, 1.807) is 25.3 Å². The van der Waals surface area contributed by atoms with Gasteiger partial charge in [-0.1, -0.05) is 12.2 Å². The molecule has 0 bridgehead atoms. The second-order valence-corrected chi connectivity index (χ2v) is 4.41. The van der Waals surface area contributed by atoms with E-state index < -0.39 is 0 Å². The largest absolute Gasteiger partial charge is 0.495 e. The number of nitrogens with two attached hydrogens (primary N) is 1. The van der Waals surface area contributed by atoms with Gasteiger partial charge in [0.05, 0.1) is 12.8 Å². The molecule has 0 radical (unpaired) electrons. The van der Waals surface area contributed by atoms with Crippen LogP contribution < -0.4 is 15.8 Å². The maximum absolute atomic E-state index is 12.1. The Morgan fingerprint density at radius 3 is 2.94 bits per heavy atom. The van der Waals surface area contributed by atoms with E-state index in [4.69, 9.17) is 10.5 Å². The van der Waals surface area contributed by atoms with Crippen molar-refractivity contribution >= 4 is 11.6 Å². The van der Waals surface area contributed by atoms with Gasteiger partial charge in [-0.3, -0.25) is 4.79 Å². The Hall–Kier alpha value is -1.97. The number of methoxy groups -OCH3 is 1. The molecule has 0 aromatic heterocycles. The number of allylic oxidation sites excluding steroid dienone is 1. The first-order valence-electron chi connectivity index (χ1n) is 6.10. The van der Waals surface area contributed by atoms with Crippen LogP contribution in [0.3, 0.4) is 0 Å². The molecule has 1 aromatic rings.